The van der Waals surface area contributed by atoms with Crippen LogP contribution in [0, 0.1) is 17.7 Å². The first kappa shape index (κ1) is 24.1. The number of hydrogen-bond acceptors (Lipinski definition) is 6. The van der Waals surface area contributed by atoms with Gasteiger partial charge < -0.3 is 9.26 Å². The van der Waals surface area contributed by atoms with Crippen molar-refractivity contribution in [3.05, 3.63) is 70.2 Å². The van der Waals surface area contributed by atoms with Crippen molar-refractivity contribution < 1.29 is 35.2 Å². The van der Waals surface area contributed by atoms with Crippen LogP contribution in [-0.4, -0.2) is 31.4 Å². The summed E-state index contributed by atoms with van der Waals surface area (Å²) in [5.41, 5.74) is 0.488. The van der Waals surface area contributed by atoms with Crippen LogP contribution in [0.25, 0.3) is 16.6 Å². The quantitative estimate of drug-likeness (QED) is 0.470. The summed E-state index contributed by atoms with van der Waals surface area (Å²) in [7, 11) is -3.04. The van der Waals surface area contributed by atoms with E-state index in [-0.39, 0.29) is 41.7 Å². The zero-order chi connectivity index (χ0) is 25.8. The highest BCUT2D eigenvalue weighted by atomic mass is 32.2. The molecule has 1 fully saturated rings. The monoisotopic (exact) mass is 525 g/mol. The number of aromatic nitrogens is 2. The summed E-state index contributed by atoms with van der Waals surface area (Å²) in [6, 6.07) is 5.81. The molecule has 2 aromatic heterocycles. The summed E-state index contributed by atoms with van der Waals surface area (Å²) in [5.74, 6) is -3.06. The van der Waals surface area contributed by atoms with Gasteiger partial charge in [-0.3, -0.25) is 14.1 Å². The Balaban J connectivity index is 1.58. The van der Waals surface area contributed by atoms with Gasteiger partial charge in [0.1, 0.15) is 22.7 Å². The van der Waals surface area contributed by atoms with E-state index in [4.69, 9.17) is 4.74 Å². The van der Waals surface area contributed by atoms with E-state index in [9.17, 15) is 26.4 Å². The van der Waals surface area contributed by atoms with E-state index < -0.39 is 44.3 Å². The Bertz CT molecular complexity index is 1570. The molecule has 36 heavy (non-hydrogen) atoms. The van der Waals surface area contributed by atoms with Crippen molar-refractivity contribution in [2.45, 2.75) is 30.3 Å². The fourth-order valence-corrected chi connectivity index (χ4v) is 5.64. The first-order chi connectivity index (χ1) is 17.0. The zero-order valence-electron chi connectivity index (χ0n) is 18.7. The highest BCUT2D eigenvalue weighted by Crippen LogP contribution is 2.55. The Kier molecular flexibility index (Phi) is 5.69. The standard InChI is InChI=1S/C23H19F4N3O5S/c1-34-19-8-12(14-10-15(14)23(25,26)27)2-4-17(19)30-18-11-16(24)20(9-13(18)3-5-22(30)31)36(32,33)29-21-6-7-35-28-21/h3,5-9,11,14-15H,2,4,10H2,1H3,(H,28,29)/t14-,15+/m0/s1. The van der Waals surface area contributed by atoms with E-state index in [1.54, 1.807) is 0 Å². The molecule has 2 aliphatic rings. The van der Waals surface area contributed by atoms with Crippen molar-refractivity contribution in [1.82, 2.24) is 9.72 Å². The highest BCUT2D eigenvalue weighted by molar-refractivity contribution is 7.92. The van der Waals surface area contributed by atoms with E-state index in [2.05, 4.69) is 14.4 Å². The third-order valence-electron chi connectivity index (χ3n) is 6.34. The summed E-state index contributed by atoms with van der Waals surface area (Å²) >= 11 is 0. The number of rotatable bonds is 6. The van der Waals surface area contributed by atoms with Crippen LogP contribution in [0.4, 0.5) is 23.4 Å². The van der Waals surface area contributed by atoms with Gasteiger partial charge in [-0.25, -0.2) is 12.8 Å². The average Bonchev–Trinajstić information content (AvgIpc) is 3.49. The largest absolute Gasteiger partial charge is 0.495 e. The van der Waals surface area contributed by atoms with Gasteiger partial charge in [0.05, 0.1) is 24.2 Å². The molecule has 0 aliphatic heterocycles. The topological polar surface area (TPSA) is 103 Å². The first-order valence-corrected chi connectivity index (χ1v) is 12.3. The second-order valence-electron chi connectivity index (χ2n) is 8.56. The molecule has 13 heteroatoms. The van der Waals surface area contributed by atoms with Gasteiger partial charge in [0.15, 0.2) is 5.82 Å². The lowest BCUT2D eigenvalue weighted by molar-refractivity contribution is -0.150. The third kappa shape index (κ3) is 4.27. The minimum Gasteiger partial charge on any atom is -0.495 e. The van der Waals surface area contributed by atoms with E-state index in [1.807, 2.05) is 0 Å². The Labute approximate surface area is 201 Å². The molecule has 3 aromatic rings. The molecular formula is C23H19F4N3O5S. The van der Waals surface area contributed by atoms with Gasteiger partial charge in [-0.1, -0.05) is 10.7 Å². The predicted octanol–water partition coefficient (Wildman–Crippen LogP) is 4.66. The molecule has 1 N–H and O–H groups in total. The molecule has 2 atom stereocenters. The molecule has 8 nitrogen and oxygen atoms in total. The lowest BCUT2D eigenvalue weighted by atomic mass is 9.96. The molecule has 0 radical (unpaired) electrons. The molecule has 0 unspecified atom stereocenters. The van der Waals surface area contributed by atoms with Crippen molar-refractivity contribution in [3.8, 4) is 0 Å². The molecule has 5 rings (SSSR count). The number of fused-ring (bicyclic) bond motifs is 1. The van der Waals surface area contributed by atoms with Crippen LogP contribution in [0.2, 0.25) is 0 Å². The van der Waals surface area contributed by atoms with E-state index in [0.717, 1.165) is 18.4 Å². The Hall–Kier alpha value is -3.61. The Morgan fingerprint density at radius 2 is 1.97 bits per heavy atom. The van der Waals surface area contributed by atoms with Gasteiger partial charge in [0, 0.05) is 23.6 Å². The molecule has 0 amide bonds. The van der Waals surface area contributed by atoms with Crippen LogP contribution in [0.3, 0.4) is 0 Å². The maximum absolute atomic E-state index is 15.1. The maximum atomic E-state index is 15.1. The predicted molar refractivity (Wildman–Crippen MR) is 121 cm³/mol. The number of allylic oxidation sites excluding steroid dienone is 3. The fourth-order valence-electron chi connectivity index (χ4n) is 4.55. The fraction of sp³-hybridized carbons (Fsp3) is 0.304. The summed E-state index contributed by atoms with van der Waals surface area (Å²) in [6.07, 6.45) is -1.14. The molecule has 190 valence electrons. The normalized spacial score (nSPS) is 20.4. The second-order valence-corrected chi connectivity index (χ2v) is 10.2. The van der Waals surface area contributed by atoms with E-state index in [0.29, 0.717) is 11.3 Å². The Morgan fingerprint density at radius 3 is 2.61 bits per heavy atom. The van der Waals surface area contributed by atoms with Crippen molar-refractivity contribution >= 4 is 32.4 Å². The van der Waals surface area contributed by atoms with Crippen LogP contribution >= 0.6 is 0 Å². The number of halogens is 4. The van der Waals surface area contributed by atoms with Crippen molar-refractivity contribution in [1.29, 1.82) is 0 Å². The number of pyridine rings is 1. The van der Waals surface area contributed by atoms with Crippen molar-refractivity contribution in [2.24, 2.45) is 11.8 Å². The molecule has 1 aromatic carbocycles. The number of hydrogen-bond donors (Lipinski definition) is 1. The molecule has 2 aliphatic carbocycles. The smallest absolute Gasteiger partial charge is 0.392 e. The summed E-state index contributed by atoms with van der Waals surface area (Å²) in [4.78, 5) is 12.2. The highest BCUT2D eigenvalue weighted by Gasteiger charge is 2.56. The zero-order valence-corrected chi connectivity index (χ0v) is 19.5. The number of nitrogens with zero attached hydrogens (tertiary/aromatic N) is 2. The summed E-state index contributed by atoms with van der Waals surface area (Å²) in [6.45, 7) is 0. The lowest BCUT2D eigenvalue weighted by Gasteiger charge is -2.22. The van der Waals surface area contributed by atoms with E-state index >= 15 is 4.39 Å². The second kappa shape index (κ2) is 8.50. The number of ether oxygens (including phenoxy) is 1. The summed E-state index contributed by atoms with van der Waals surface area (Å²) < 4.78 is 92.9. The minimum atomic E-state index is -4.37. The molecular weight excluding hydrogens is 506 g/mol. The van der Waals surface area contributed by atoms with Crippen molar-refractivity contribution in [3.63, 3.8) is 0 Å². The number of alkyl halides is 3. The van der Waals surface area contributed by atoms with Crippen LogP contribution in [0.15, 0.2) is 68.2 Å². The minimum absolute atomic E-state index is 0.0146. The van der Waals surface area contributed by atoms with Gasteiger partial charge in [0.2, 0.25) is 0 Å². The first-order valence-electron chi connectivity index (χ1n) is 10.8. The van der Waals surface area contributed by atoms with Gasteiger partial charge in [-0.15, -0.1) is 0 Å². The van der Waals surface area contributed by atoms with Gasteiger partial charge >= 0.3 is 6.18 Å². The summed E-state index contributed by atoms with van der Waals surface area (Å²) in [5, 5.41) is 3.69. The number of sulfonamides is 1. The van der Waals surface area contributed by atoms with Gasteiger partial charge in [0.25, 0.3) is 15.6 Å². The molecule has 1 saturated carbocycles. The number of anilines is 1. The van der Waals surface area contributed by atoms with Crippen LogP contribution in [-0.2, 0) is 14.8 Å². The lowest BCUT2D eigenvalue weighted by Crippen LogP contribution is -2.22. The maximum Gasteiger partial charge on any atom is 0.392 e. The number of nitrogens with one attached hydrogen (secondary N) is 1. The van der Waals surface area contributed by atoms with Gasteiger partial charge in [-0.2, -0.15) is 13.2 Å². The number of benzene rings is 1. The molecule has 0 bridgehead atoms. The average molecular weight is 525 g/mol. The van der Waals surface area contributed by atoms with E-state index in [1.165, 1.54) is 36.0 Å². The van der Waals surface area contributed by atoms with Crippen molar-refractivity contribution in [2.75, 3.05) is 11.8 Å². The molecule has 0 saturated heterocycles. The third-order valence-corrected chi connectivity index (χ3v) is 7.71. The van der Waals surface area contributed by atoms with Crippen LogP contribution < -0.4 is 10.3 Å². The van der Waals surface area contributed by atoms with Crippen LogP contribution in [0.5, 0.6) is 0 Å². The molecule has 2 heterocycles. The SMILES string of the molecule is COC1=C(n2c(=O)ccc3cc(S(=O)(=O)Nc4ccon4)c(F)cc32)CCC([C@@H]2C[C@H]2C(F)(F)F)=C1. The Morgan fingerprint density at radius 1 is 1.19 bits per heavy atom. The molecule has 0 spiro atoms. The van der Waals surface area contributed by atoms with Crippen LogP contribution in [0.1, 0.15) is 19.3 Å². The van der Waals surface area contributed by atoms with Gasteiger partial charge in [-0.05, 0) is 43.4 Å². The number of methoxy groups -OCH3 is 1.